The maximum Gasteiger partial charge on any atom is 0.253 e. The highest BCUT2D eigenvalue weighted by molar-refractivity contribution is 5.97. The van der Waals surface area contributed by atoms with E-state index in [0.717, 1.165) is 5.56 Å². The van der Waals surface area contributed by atoms with E-state index < -0.39 is 6.04 Å². The number of carbonyl (C=O) groups excluding carboxylic acids is 2. The SMILES string of the molecule is CCN(CC)C(=O)c1ccc(NC(=O)C(N)Cc2ccccc2)cc1. The molecule has 0 aromatic heterocycles. The summed E-state index contributed by atoms with van der Waals surface area (Å²) >= 11 is 0. The van der Waals surface area contributed by atoms with Gasteiger partial charge in [-0.15, -0.1) is 0 Å². The lowest BCUT2D eigenvalue weighted by atomic mass is 10.1. The third kappa shape index (κ3) is 5.16. The molecular weight excluding hydrogens is 314 g/mol. The summed E-state index contributed by atoms with van der Waals surface area (Å²) < 4.78 is 0. The van der Waals surface area contributed by atoms with Crippen LogP contribution >= 0.6 is 0 Å². The smallest absolute Gasteiger partial charge is 0.253 e. The summed E-state index contributed by atoms with van der Waals surface area (Å²) in [6, 6.07) is 15.9. The molecule has 5 nitrogen and oxygen atoms in total. The Morgan fingerprint density at radius 2 is 1.60 bits per heavy atom. The van der Waals surface area contributed by atoms with E-state index in [2.05, 4.69) is 5.32 Å². The van der Waals surface area contributed by atoms with Crippen molar-refractivity contribution in [2.24, 2.45) is 5.73 Å². The lowest BCUT2D eigenvalue weighted by molar-refractivity contribution is -0.117. The predicted molar refractivity (Wildman–Crippen MR) is 100 cm³/mol. The van der Waals surface area contributed by atoms with E-state index >= 15 is 0 Å². The van der Waals surface area contributed by atoms with E-state index in [1.807, 2.05) is 44.2 Å². The highest BCUT2D eigenvalue weighted by Crippen LogP contribution is 2.12. The molecule has 0 aliphatic heterocycles. The number of anilines is 1. The van der Waals surface area contributed by atoms with Gasteiger partial charge in [0.1, 0.15) is 0 Å². The van der Waals surface area contributed by atoms with Gasteiger partial charge in [-0.1, -0.05) is 30.3 Å². The van der Waals surface area contributed by atoms with Gasteiger partial charge in [0.25, 0.3) is 5.91 Å². The molecule has 0 saturated heterocycles. The molecule has 2 rings (SSSR count). The maximum atomic E-state index is 12.3. The van der Waals surface area contributed by atoms with Crippen LogP contribution in [0.3, 0.4) is 0 Å². The molecular formula is C20H25N3O2. The summed E-state index contributed by atoms with van der Waals surface area (Å²) in [7, 11) is 0. The van der Waals surface area contributed by atoms with Crippen molar-refractivity contribution >= 4 is 17.5 Å². The Kier molecular flexibility index (Phi) is 6.71. The molecule has 132 valence electrons. The minimum atomic E-state index is -0.626. The van der Waals surface area contributed by atoms with Crippen LogP contribution < -0.4 is 11.1 Å². The standard InChI is InChI=1S/C20H25N3O2/c1-3-23(4-2)20(25)16-10-12-17(13-11-16)22-19(24)18(21)14-15-8-6-5-7-9-15/h5-13,18H,3-4,14,21H2,1-2H3,(H,22,24). The molecule has 0 bridgehead atoms. The van der Waals surface area contributed by atoms with Crippen LogP contribution in [-0.4, -0.2) is 35.8 Å². The van der Waals surface area contributed by atoms with Gasteiger partial charge in [-0.3, -0.25) is 9.59 Å². The molecule has 2 aromatic rings. The van der Waals surface area contributed by atoms with Crippen molar-refractivity contribution < 1.29 is 9.59 Å². The second-order valence-corrected chi connectivity index (χ2v) is 5.84. The van der Waals surface area contributed by atoms with Crippen LogP contribution in [0.2, 0.25) is 0 Å². The molecule has 1 atom stereocenters. The number of rotatable bonds is 7. The number of hydrogen-bond donors (Lipinski definition) is 2. The molecule has 2 aromatic carbocycles. The quantitative estimate of drug-likeness (QED) is 0.814. The van der Waals surface area contributed by atoms with E-state index in [9.17, 15) is 9.59 Å². The Morgan fingerprint density at radius 1 is 1.00 bits per heavy atom. The molecule has 0 heterocycles. The molecule has 5 heteroatoms. The highest BCUT2D eigenvalue weighted by Gasteiger charge is 2.15. The Morgan fingerprint density at radius 3 is 2.16 bits per heavy atom. The van der Waals surface area contributed by atoms with Crippen molar-refractivity contribution in [3.8, 4) is 0 Å². The van der Waals surface area contributed by atoms with Crippen molar-refractivity contribution in [2.75, 3.05) is 18.4 Å². The molecule has 0 radical (unpaired) electrons. The van der Waals surface area contributed by atoms with Gasteiger partial charge in [-0.25, -0.2) is 0 Å². The lowest BCUT2D eigenvalue weighted by Gasteiger charge is -2.18. The molecule has 0 aliphatic carbocycles. The Labute approximate surface area is 148 Å². The van der Waals surface area contributed by atoms with Gasteiger partial charge in [0.2, 0.25) is 5.91 Å². The minimum Gasteiger partial charge on any atom is -0.339 e. The molecule has 1 unspecified atom stereocenters. The van der Waals surface area contributed by atoms with Crippen LogP contribution in [-0.2, 0) is 11.2 Å². The number of amides is 2. The number of benzene rings is 2. The van der Waals surface area contributed by atoms with Gasteiger partial charge >= 0.3 is 0 Å². The third-order valence-electron chi connectivity index (χ3n) is 4.09. The van der Waals surface area contributed by atoms with E-state index in [1.165, 1.54) is 0 Å². The van der Waals surface area contributed by atoms with Crippen LogP contribution in [0.25, 0.3) is 0 Å². The molecule has 25 heavy (non-hydrogen) atoms. The lowest BCUT2D eigenvalue weighted by Crippen LogP contribution is -2.37. The fourth-order valence-electron chi connectivity index (χ4n) is 2.59. The average molecular weight is 339 g/mol. The van der Waals surface area contributed by atoms with Crippen LogP contribution in [0.1, 0.15) is 29.8 Å². The zero-order valence-electron chi connectivity index (χ0n) is 14.7. The molecule has 0 fully saturated rings. The summed E-state index contributed by atoms with van der Waals surface area (Å²) in [5, 5.41) is 2.80. The summed E-state index contributed by atoms with van der Waals surface area (Å²) in [6.07, 6.45) is 0.477. The Balaban J connectivity index is 1.96. The molecule has 3 N–H and O–H groups in total. The fraction of sp³-hybridized carbons (Fsp3) is 0.300. The van der Waals surface area contributed by atoms with Crippen LogP contribution in [0.4, 0.5) is 5.69 Å². The van der Waals surface area contributed by atoms with Crippen molar-refractivity contribution in [1.29, 1.82) is 0 Å². The first-order valence-corrected chi connectivity index (χ1v) is 8.54. The summed E-state index contributed by atoms with van der Waals surface area (Å²) in [4.78, 5) is 26.2. The number of hydrogen-bond acceptors (Lipinski definition) is 3. The van der Waals surface area contributed by atoms with Gasteiger partial charge in [-0.2, -0.15) is 0 Å². The number of carbonyl (C=O) groups is 2. The van der Waals surface area contributed by atoms with E-state index in [-0.39, 0.29) is 11.8 Å². The minimum absolute atomic E-state index is 0.0105. The first kappa shape index (κ1) is 18.7. The normalized spacial score (nSPS) is 11.6. The molecule has 0 spiro atoms. The van der Waals surface area contributed by atoms with E-state index in [0.29, 0.717) is 30.8 Å². The van der Waals surface area contributed by atoms with Crippen molar-refractivity contribution in [3.63, 3.8) is 0 Å². The van der Waals surface area contributed by atoms with Crippen molar-refractivity contribution in [3.05, 3.63) is 65.7 Å². The van der Waals surface area contributed by atoms with E-state index in [4.69, 9.17) is 5.73 Å². The van der Waals surface area contributed by atoms with Crippen LogP contribution in [0.5, 0.6) is 0 Å². The number of nitrogens with two attached hydrogens (primary N) is 1. The fourth-order valence-corrected chi connectivity index (χ4v) is 2.59. The van der Waals surface area contributed by atoms with Gasteiger partial charge in [0.15, 0.2) is 0 Å². The Hall–Kier alpha value is -2.66. The topological polar surface area (TPSA) is 75.4 Å². The predicted octanol–water partition coefficient (Wildman–Crippen LogP) is 2.68. The summed E-state index contributed by atoms with van der Waals surface area (Å²) in [6.45, 7) is 5.23. The highest BCUT2D eigenvalue weighted by atomic mass is 16.2. The van der Waals surface area contributed by atoms with Crippen LogP contribution in [0.15, 0.2) is 54.6 Å². The maximum absolute atomic E-state index is 12.3. The number of nitrogens with zero attached hydrogens (tertiary/aromatic N) is 1. The first-order valence-electron chi connectivity index (χ1n) is 8.54. The monoisotopic (exact) mass is 339 g/mol. The van der Waals surface area contributed by atoms with Crippen LogP contribution in [0, 0.1) is 0 Å². The molecule has 0 aliphatic rings. The molecule has 0 saturated carbocycles. The Bertz CT molecular complexity index is 695. The zero-order chi connectivity index (χ0) is 18.2. The van der Waals surface area contributed by atoms with Gasteiger partial charge < -0.3 is 16.0 Å². The largest absolute Gasteiger partial charge is 0.339 e. The van der Waals surface area contributed by atoms with Gasteiger partial charge in [0.05, 0.1) is 6.04 Å². The number of nitrogens with one attached hydrogen (secondary N) is 1. The summed E-state index contributed by atoms with van der Waals surface area (Å²) in [5.41, 5.74) is 8.23. The average Bonchev–Trinajstić information content (AvgIpc) is 2.64. The summed E-state index contributed by atoms with van der Waals surface area (Å²) in [5.74, 6) is -0.254. The van der Waals surface area contributed by atoms with Crippen molar-refractivity contribution in [2.45, 2.75) is 26.3 Å². The third-order valence-corrected chi connectivity index (χ3v) is 4.09. The van der Waals surface area contributed by atoms with E-state index in [1.54, 1.807) is 29.2 Å². The van der Waals surface area contributed by atoms with Gasteiger partial charge in [-0.05, 0) is 50.1 Å². The second-order valence-electron chi connectivity index (χ2n) is 5.84. The second kappa shape index (κ2) is 8.99. The first-order chi connectivity index (χ1) is 12.0. The molecule has 2 amide bonds. The van der Waals surface area contributed by atoms with Gasteiger partial charge in [0, 0.05) is 24.3 Å². The van der Waals surface area contributed by atoms with Crippen molar-refractivity contribution in [1.82, 2.24) is 4.90 Å². The zero-order valence-corrected chi connectivity index (χ0v) is 14.7.